The molecular weight excluding hydrogens is 329 g/mol. The Balaban J connectivity index is 2.38. The van der Waals surface area contributed by atoms with Gasteiger partial charge in [0.2, 0.25) is 0 Å². The van der Waals surface area contributed by atoms with Gasteiger partial charge in [-0.15, -0.1) is 0 Å². The average molecular weight is 346 g/mol. The Kier molecular flexibility index (Phi) is 6.64. The summed E-state index contributed by atoms with van der Waals surface area (Å²) in [5.74, 6) is -1.41. The van der Waals surface area contributed by atoms with Crippen LogP contribution in [0.4, 0.5) is 4.39 Å². The van der Waals surface area contributed by atoms with Crippen LogP contribution in [-0.2, 0) is 4.79 Å². The topological polar surface area (TPSA) is 66.4 Å². The van der Waals surface area contributed by atoms with Crippen LogP contribution in [0.25, 0.3) is 0 Å². The number of carbonyl (C=O) groups is 2. The Hall–Kier alpha value is -1.43. The number of halogens is 2. The Labute approximate surface area is 125 Å². The largest absolute Gasteiger partial charge is 0.481 e. The maximum Gasteiger partial charge on any atom is 0.303 e. The van der Waals surface area contributed by atoms with Crippen LogP contribution in [-0.4, -0.2) is 23.5 Å². The fourth-order valence-corrected chi connectivity index (χ4v) is 2.20. The number of aliphatic carboxylic acids is 1. The normalized spacial score (nSPS) is 11.9. The van der Waals surface area contributed by atoms with Crippen molar-refractivity contribution in [2.24, 2.45) is 5.92 Å². The number of rotatable bonds is 7. The first kappa shape index (κ1) is 16.6. The Bertz CT molecular complexity index is 473. The monoisotopic (exact) mass is 345 g/mol. The van der Waals surface area contributed by atoms with Gasteiger partial charge in [-0.1, -0.05) is 22.9 Å². The van der Waals surface area contributed by atoms with Gasteiger partial charge in [-0.25, -0.2) is 4.39 Å². The van der Waals surface area contributed by atoms with Crippen molar-refractivity contribution < 1.29 is 19.1 Å². The van der Waals surface area contributed by atoms with Crippen LogP contribution in [0.2, 0.25) is 0 Å². The highest BCUT2D eigenvalue weighted by Gasteiger charge is 2.09. The molecule has 1 rings (SSSR count). The second-order valence-electron chi connectivity index (χ2n) is 4.74. The molecule has 0 bridgehead atoms. The van der Waals surface area contributed by atoms with Gasteiger partial charge >= 0.3 is 5.97 Å². The lowest BCUT2D eigenvalue weighted by Gasteiger charge is -2.11. The first-order valence-electron chi connectivity index (χ1n) is 6.34. The third-order valence-electron chi connectivity index (χ3n) is 2.90. The van der Waals surface area contributed by atoms with E-state index in [0.717, 1.165) is 0 Å². The maximum absolute atomic E-state index is 13.1. The summed E-state index contributed by atoms with van der Waals surface area (Å²) in [7, 11) is 0. The molecule has 0 aliphatic carbocycles. The number of carboxylic acid groups (broad SMARTS) is 1. The van der Waals surface area contributed by atoms with Crippen LogP contribution in [0, 0.1) is 11.7 Å². The Morgan fingerprint density at radius 1 is 1.35 bits per heavy atom. The molecule has 0 radical (unpaired) electrons. The molecule has 0 aromatic heterocycles. The van der Waals surface area contributed by atoms with Crippen LogP contribution >= 0.6 is 15.9 Å². The third kappa shape index (κ3) is 6.14. The van der Waals surface area contributed by atoms with Gasteiger partial charge in [0.15, 0.2) is 0 Å². The Morgan fingerprint density at radius 3 is 2.65 bits per heavy atom. The quantitative estimate of drug-likeness (QED) is 0.797. The Morgan fingerprint density at radius 2 is 2.05 bits per heavy atom. The van der Waals surface area contributed by atoms with Crippen molar-refractivity contribution in [3.05, 3.63) is 34.1 Å². The molecule has 1 amide bonds. The lowest BCUT2D eigenvalue weighted by Crippen LogP contribution is -2.25. The predicted octanol–water partition coefficient (Wildman–Crippen LogP) is 3.21. The van der Waals surface area contributed by atoms with E-state index in [1.54, 1.807) is 6.07 Å². The number of carbonyl (C=O) groups excluding carboxylic acids is 1. The van der Waals surface area contributed by atoms with Crippen molar-refractivity contribution >= 4 is 27.8 Å². The highest BCUT2D eigenvalue weighted by atomic mass is 79.9. The molecule has 6 heteroatoms. The third-order valence-corrected chi connectivity index (χ3v) is 3.36. The average Bonchev–Trinajstić information content (AvgIpc) is 2.35. The van der Waals surface area contributed by atoms with Crippen molar-refractivity contribution in [1.82, 2.24) is 5.32 Å². The molecule has 0 saturated heterocycles. The van der Waals surface area contributed by atoms with E-state index >= 15 is 0 Å². The molecule has 0 fully saturated rings. The second-order valence-corrected chi connectivity index (χ2v) is 5.66. The number of hydrogen-bond acceptors (Lipinski definition) is 2. The van der Waals surface area contributed by atoms with E-state index in [1.165, 1.54) is 12.1 Å². The van der Waals surface area contributed by atoms with Gasteiger partial charge in [0.05, 0.1) is 0 Å². The van der Waals surface area contributed by atoms with Gasteiger partial charge in [0.1, 0.15) is 5.82 Å². The van der Waals surface area contributed by atoms with E-state index < -0.39 is 11.8 Å². The molecule has 1 unspecified atom stereocenters. The molecule has 0 spiro atoms. The lowest BCUT2D eigenvalue weighted by molar-refractivity contribution is -0.137. The summed E-state index contributed by atoms with van der Waals surface area (Å²) in [6, 6.07) is 4.00. The molecule has 1 aromatic carbocycles. The maximum atomic E-state index is 13.1. The van der Waals surface area contributed by atoms with Gasteiger partial charge in [-0.3, -0.25) is 9.59 Å². The van der Waals surface area contributed by atoms with Gasteiger partial charge in [0.25, 0.3) is 5.91 Å². The van der Waals surface area contributed by atoms with Crippen molar-refractivity contribution in [1.29, 1.82) is 0 Å². The SMILES string of the molecule is CC(CCNC(=O)c1cc(F)cc(Br)c1)CCC(=O)O. The molecule has 0 aliphatic rings. The van der Waals surface area contributed by atoms with Gasteiger partial charge in [-0.2, -0.15) is 0 Å². The molecule has 20 heavy (non-hydrogen) atoms. The summed E-state index contributed by atoms with van der Waals surface area (Å²) in [6.07, 6.45) is 1.40. The molecule has 110 valence electrons. The molecule has 1 aromatic rings. The minimum Gasteiger partial charge on any atom is -0.481 e. The van der Waals surface area contributed by atoms with E-state index in [-0.39, 0.29) is 23.8 Å². The molecule has 2 N–H and O–H groups in total. The summed E-state index contributed by atoms with van der Waals surface area (Å²) < 4.78 is 13.7. The summed E-state index contributed by atoms with van der Waals surface area (Å²) in [6.45, 7) is 2.38. The first-order valence-corrected chi connectivity index (χ1v) is 7.14. The van der Waals surface area contributed by atoms with Crippen LogP contribution in [0.1, 0.15) is 36.5 Å². The van der Waals surface area contributed by atoms with Gasteiger partial charge in [-0.05, 0) is 37.0 Å². The molecular formula is C14H17BrFNO3. The fraction of sp³-hybridized carbons (Fsp3) is 0.429. The minimum atomic E-state index is -0.814. The first-order chi connectivity index (χ1) is 9.38. The molecule has 0 saturated carbocycles. The zero-order chi connectivity index (χ0) is 15.1. The standard InChI is InChI=1S/C14H17BrFNO3/c1-9(2-3-13(18)19)4-5-17-14(20)10-6-11(15)8-12(16)7-10/h6-9H,2-5H2,1H3,(H,17,20)(H,18,19). The fourth-order valence-electron chi connectivity index (χ4n) is 1.73. The van der Waals surface area contributed by atoms with Crippen LogP contribution in [0.3, 0.4) is 0 Å². The minimum absolute atomic E-state index is 0.131. The summed E-state index contributed by atoms with van der Waals surface area (Å²) in [4.78, 5) is 22.2. The van der Waals surface area contributed by atoms with Crippen molar-refractivity contribution in [3.63, 3.8) is 0 Å². The van der Waals surface area contributed by atoms with Crippen LogP contribution in [0.5, 0.6) is 0 Å². The van der Waals surface area contributed by atoms with Crippen molar-refractivity contribution in [2.75, 3.05) is 6.54 Å². The van der Waals surface area contributed by atoms with Gasteiger partial charge in [0, 0.05) is 23.0 Å². The summed E-state index contributed by atoms with van der Waals surface area (Å²) in [5.41, 5.74) is 0.259. The number of carboxylic acids is 1. The summed E-state index contributed by atoms with van der Waals surface area (Å²) in [5, 5.41) is 11.3. The summed E-state index contributed by atoms with van der Waals surface area (Å²) >= 11 is 3.13. The highest BCUT2D eigenvalue weighted by Crippen LogP contribution is 2.15. The van der Waals surface area contributed by atoms with Crippen LogP contribution in [0.15, 0.2) is 22.7 Å². The molecule has 4 nitrogen and oxygen atoms in total. The molecule has 0 heterocycles. The predicted molar refractivity (Wildman–Crippen MR) is 77.1 cm³/mol. The number of benzene rings is 1. The highest BCUT2D eigenvalue weighted by molar-refractivity contribution is 9.10. The molecule has 1 atom stereocenters. The van der Waals surface area contributed by atoms with E-state index in [4.69, 9.17) is 5.11 Å². The van der Waals surface area contributed by atoms with Crippen LogP contribution < -0.4 is 5.32 Å². The number of hydrogen-bond donors (Lipinski definition) is 2. The second kappa shape index (κ2) is 7.99. The zero-order valence-electron chi connectivity index (χ0n) is 11.2. The van der Waals surface area contributed by atoms with E-state index in [2.05, 4.69) is 21.2 Å². The van der Waals surface area contributed by atoms with Crippen molar-refractivity contribution in [3.8, 4) is 0 Å². The zero-order valence-corrected chi connectivity index (χ0v) is 12.7. The van der Waals surface area contributed by atoms with E-state index in [9.17, 15) is 14.0 Å². The van der Waals surface area contributed by atoms with Crippen molar-refractivity contribution in [2.45, 2.75) is 26.2 Å². The van der Waals surface area contributed by atoms with E-state index in [0.29, 0.717) is 23.9 Å². The lowest BCUT2D eigenvalue weighted by atomic mass is 10.0. The number of amides is 1. The smallest absolute Gasteiger partial charge is 0.303 e. The van der Waals surface area contributed by atoms with E-state index in [1.807, 2.05) is 6.92 Å². The molecule has 0 aliphatic heterocycles. The van der Waals surface area contributed by atoms with Gasteiger partial charge < -0.3 is 10.4 Å². The number of nitrogens with one attached hydrogen (secondary N) is 1.